The van der Waals surface area contributed by atoms with Crippen molar-refractivity contribution in [1.29, 1.82) is 0 Å². The lowest BCUT2D eigenvalue weighted by atomic mass is 9.65. The van der Waals surface area contributed by atoms with Gasteiger partial charge in [-0.15, -0.1) is 0 Å². The third kappa shape index (κ3) is 4.73. The Labute approximate surface area is 176 Å². The van der Waals surface area contributed by atoms with Gasteiger partial charge in [-0.25, -0.2) is 13.2 Å². The first-order chi connectivity index (χ1) is 14.5. The lowest BCUT2D eigenvalue weighted by molar-refractivity contribution is -0.00956. The molecule has 2 aromatic rings. The third-order valence-electron chi connectivity index (χ3n) is 6.69. The summed E-state index contributed by atoms with van der Waals surface area (Å²) in [6.07, 6.45) is 7.29. The van der Waals surface area contributed by atoms with Crippen LogP contribution in [-0.4, -0.2) is 12.7 Å². The van der Waals surface area contributed by atoms with Crippen LogP contribution in [0.25, 0.3) is 0 Å². The van der Waals surface area contributed by atoms with E-state index in [0.29, 0.717) is 23.5 Å². The molecule has 2 aliphatic carbocycles. The van der Waals surface area contributed by atoms with Crippen LogP contribution < -0.4 is 0 Å². The maximum atomic E-state index is 14.7. The fourth-order valence-corrected chi connectivity index (χ4v) is 5.14. The van der Waals surface area contributed by atoms with E-state index in [2.05, 4.69) is 18.8 Å². The number of rotatable bonds is 3. The fraction of sp³-hybridized carbons (Fsp3) is 0.462. The van der Waals surface area contributed by atoms with Crippen LogP contribution in [0.1, 0.15) is 68.1 Å². The van der Waals surface area contributed by atoms with Crippen LogP contribution in [0.5, 0.6) is 0 Å². The van der Waals surface area contributed by atoms with Crippen LogP contribution in [0, 0.1) is 41.1 Å². The SMILES string of the molecule is CCOC1CCC2CC(c3ccc(C#Cc4ccc(F)c(F)c4)c(F)c3)CCC2C1. The summed E-state index contributed by atoms with van der Waals surface area (Å²) in [5, 5.41) is 0. The van der Waals surface area contributed by atoms with Gasteiger partial charge in [-0.2, -0.15) is 0 Å². The van der Waals surface area contributed by atoms with Gasteiger partial charge in [-0.1, -0.05) is 17.9 Å². The minimum Gasteiger partial charge on any atom is -0.378 e. The number of halogens is 3. The van der Waals surface area contributed by atoms with Gasteiger partial charge in [0.2, 0.25) is 0 Å². The van der Waals surface area contributed by atoms with Gasteiger partial charge in [0.25, 0.3) is 0 Å². The van der Waals surface area contributed by atoms with Gasteiger partial charge in [-0.3, -0.25) is 0 Å². The van der Waals surface area contributed by atoms with E-state index in [4.69, 9.17) is 4.74 Å². The van der Waals surface area contributed by atoms with Crippen LogP contribution in [0.3, 0.4) is 0 Å². The van der Waals surface area contributed by atoms with E-state index < -0.39 is 11.6 Å². The van der Waals surface area contributed by atoms with Gasteiger partial charge < -0.3 is 4.74 Å². The Balaban J connectivity index is 1.43. The highest BCUT2D eigenvalue weighted by molar-refractivity contribution is 5.44. The highest BCUT2D eigenvalue weighted by Gasteiger charge is 2.36. The molecule has 0 bridgehead atoms. The molecule has 2 aromatic carbocycles. The highest BCUT2D eigenvalue weighted by atomic mass is 19.2. The van der Waals surface area contributed by atoms with E-state index in [1.165, 1.54) is 18.9 Å². The molecule has 0 spiro atoms. The quantitative estimate of drug-likeness (QED) is 0.517. The molecule has 0 aromatic heterocycles. The fourth-order valence-electron chi connectivity index (χ4n) is 5.14. The molecule has 4 rings (SSSR count). The second-order valence-corrected chi connectivity index (χ2v) is 8.54. The van der Waals surface area contributed by atoms with Gasteiger partial charge in [0.05, 0.1) is 11.7 Å². The van der Waals surface area contributed by atoms with E-state index in [9.17, 15) is 13.2 Å². The molecule has 2 aliphatic rings. The van der Waals surface area contributed by atoms with E-state index in [1.54, 1.807) is 12.1 Å². The number of ether oxygens (including phenoxy) is 1. The summed E-state index contributed by atoms with van der Waals surface area (Å²) >= 11 is 0. The number of hydrogen-bond donors (Lipinski definition) is 0. The molecule has 0 radical (unpaired) electrons. The number of benzene rings is 2. The summed E-state index contributed by atoms with van der Waals surface area (Å²) in [5.74, 6) is 5.05. The summed E-state index contributed by atoms with van der Waals surface area (Å²) in [6.45, 7) is 2.85. The molecule has 158 valence electrons. The van der Waals surface area contributed by atoms with Crippen LogP contribution in [-0.2, 0) is 4.74 Å². The second kappa shape index (κ2) is 9.27. The molecule has 0 amide bonds. The van der Waals surface area contributed by atoms with E-state index in [0.717, 1.165) is 55.9 Å². The Morgan fingerprint density at radius 1 is 0.833 bits per heavy atom. The van der Waals surface area contributed by atoms with Crippen molar-refractivity contribution >= 4 is 0 Å². The van der Waals surface area contributed by atoms with Gasteiger partial charge in [0.15, 0.2) is 11.6 Å². The Morgan fingerprint density at radius 3 is 2.40 bits per heavy atom. The zero-order valence-corrected chi connectivity index (χ0v) is 17.3. The van der Waals surface area contributed by atoms with Crippen molar-refractivity contribution in [1.82, 2.24) is 0 Å². The van der Waals surface area contributed by atoms with Gasteiger partial charge in [-0.05, 0) is 99.1 Å². The Hall–Kier alpha value is -2.25. The number of hydrogen-bond acceptors (Lipinski definition) is 1. The van der Waals surface area contributed by atoms with Crippen molar-refractivity contribution in [2.75, 3.05) is 6.61 Å². The van der Waals surface area contributed by atoms with Crippen molar-refractivity contribution < 1.29 is 17.9 Å². The average molecular weight is 412 g/mol. The van der Waals surface area contributed by atoms with Crippen LogP contribution in [0.2, 0.25) is 0 Å². The maximum absolute atomic E-state index is 14.7. The monoisotopic (exact) mass is 412 g/mol. The summed E-state index contributed by atoms with van der Waals surface area (Å²) < 4.78 is 46.8. The summed E-state index contributed by atoms with van der Waals surface area (Å²) in [7, 11) is 0. The molecule has 0 N–H and O–H groups in total. The van der Waals surface area contributed by atoms with E-state index in [1.807, 2.05) is 6.07 Å². The smallest absolute Gasteiger partial charge is 0.160 e. The Morgan fingerprint density at radius 2 is 1.63 bits per heavy atom. The normalized spacial score (nSPS) is 25.9. The van der Waals surface area contributed by atoms with Crippen molar-refractivity contribution in [2.24, 2.45) is 11.8 Å². The van der Waals surface area contributed by atoms with Crippen molar-refractivity contribution in [2.45, 2.75) is 57.5 Å². The molecule has 4 unspecified atom stereocenters. The van der Waals surface area contributed by atoms with Gasteiger partial charge >= 0.3 is 0 Å². The van der Waals surface area contributed by atoms with Gasteiger partial charge in [0.1, 0.15) is 5.82 Å². The first-order valence-electron chi connectivity index (χ1n) is 10.9. The van der Waals surface area contributed by atoms with Crippen LogP contribution >= 0.6 is 0 Å². The van der Waals surface area contributed by atoms with Crippen LogP contribution in [0.4, 0.5) is 13.2 Å². The molecule has 2 saturated carbocycles. The van der Waals surface area contributed by atoms with Crippen molar-refractivity contribution in [3.8, 4) is 11.8 Å². The Bertz CT molecular complexity index is 958. The zero-order valence-electron chi connectivity index (χ0n) is 17.3. The molecule has 0 aliphatic heterocycles. The first-order valence-corrected chi connectivity index (χ1v) is 10.9. The molecule has 1 nitrogen and oxygen atoms in total. The molecular weight excluding hydrogens is 385 g/mol. The molecule has 0 heterocycles. The standard InChI is InChI=1S/C26H27F3O/c1-2-30-23-11-10-20-14-19(8-9-21(20)15-23)22-7-6-18(25(28)16-22)5-3-17-4-12-24(27)26(29)13-17/h4,6-7,12-13,16,19-21,23H,2,8-11,14-15H2,1H3. The lowest BCUT2D eigenvalue weighted by Crippen LogP contribution is -2.33. The Kier molecular flexibility index (Phi) is 6.49. The summed E-state index contributed by atoms with van der Waals surface area (Å²) in [6, 6.07) is 8.71. The highest BCUT2D eigenvalue weighted by Crippen LogP contribution is 2.46. The minimum atomic E-state index is -0.955. The van der Waals surface area contributed by atoms with E-state index >= 15 is 0 Å². The molecule has 30 heavy (non-hydrogen) atoms. The van der Waals surface area contributed by atoms with Crippen LogP contribution in [0.15, 0.2) is 36.4 Å². The molecule has 4 atom stereocenters. The summed E-state index contributed by atoms with van der Waals surface area (Å²) in [5.41, 5.74) is 1.63. The van der Waals surface area contributed by atoms with Gasteiger partial charge in [0, 0.05) is 12.2 Å². The maximum Gasteiger partial charge on any atom is 0.160 e. The predicted molar refractivity (Wildman–Crippen MR) is 112 cm³/mol. The predicted octanol–water partition coefficient (Wildman–Crippen LogP) is 6.59. The second-order valence-electron chi connectivity index (χ2n) is 8.54. The minimum absolute atomic E-state index is 0.273. The largest absolute Gasteiger partial charge is 0.378 e. The third-order valence-corrected chi connectivity index (χ3v) is 6.69. The zero-order chi connectivity index (χ0) is 21.1. The molecule has 2 fully saturated rings. The van der Waals surface area contributed by atoms with Crippen molar-refractivity contribution in [3.05, 3.63) is 70.5 Å². The molecule has 4 heteroatoms. The van der Waals surface area contributed by atoms with Crippen molar-refractivity contribution in [3.63, 3.8) is 0 Å². The topological polar surface area (TPSA) is 9.23 Å². The number of fused-ring (bicyclic) bond motifs is 1. The molecule has 0 saturated heterocycles. The first kappa shape index (κ1) is 21.0. The lowest BCUT2D eigenvalue weighted by Gasteiger charge is -2.42. The molecular formula is C26H27F3O. The average Bonchev–Trinajstić information content (AvgIpc) is 2.75. The summed E-state index contributed by atoms with van der Waals surface area (Å²) in [4.78, 5) is 0. The van der Waals surface area contributed by atoms with E-state index in [-0.39, 0.29) is 11.4 Å².